The number of hydrogen-bond acceptors (Lipinski definition) is 1. The molecule has 0 aliphatic heterocycles. The van der Waals surface area contributed by atoms with E-state index in [9.17, 15) is 4.39 Å². The van der Waals surface area contributed by atoms with E-state index in [0.29, 0.717) is 4.47 Å². The Balaban J connectivity index is 2.39. The lowest BCUT2D eigenvalue weighted by molar-refractivity contribution is 0.440. The molecule has 2 nitrogen and oxygen atoms in total. The second-order valence-corrected chi connectivity index (χ2v) is 4.06. The summed E-state index contributed by atoms with van der Waals surface area (Å²) in [5.41, 5.74) is 0.0901. The van der Waals surface area contributed by atoms with Crippen LogP contribution in [0.5, 0.6) is 0 Å². The number of aromatic nitrogens is 2. The molecule has 1 saturated carbocycles. The molecule has 0 atom stereocenters. The average molecular weight is 219 g/mol. The van der Waals surface area contributed by atoms with Crippen LogP contribution in [0.2, 0.25) is 0 Å². The summed E-state index contributed by atoms with van der Waals surface area (Å²) in [5.74, 6) is -0.418. The third-order valence-corrected chi connectivity index (χ3v) is 2.69. The maximum Gasteiger partial charge on any atom is 0.246 e. The summed E-state index contributed by atoms with van der Waals surface area (Å²) in [6.45, 7) is 2.08. The molecular formula is C7H8BrFN2. The quantitative estimate of drug-likeness (QED) is 0.708. The van der Waals surface area contributed by atoms with Crippen LogP contribution >= 0.6 is 15.9 Å². The van der Waals surface area contributed by atoms with Crippen LogP contribution < -0.4 is 0 Å². The molecule has 1 aromatic rings. The highest BCUT2D eigenvalue weighted by Gasteiger charge is 2.40. The van der Waals surface area contributed by atoms with Gasteiger partial charge in [0.25, 0.3) is 0 Å². The van der Waals surface area contributed by atoms with Gasteiger partial charge in [-0.25, -0.2) is 0 Å². The minimum absolute atomic E-state index is 0.0901. The van der Waals surface area contributed by atoms with Gasteiger partial charge < -0.3 is 0 Å². The predicted molar refractivity (Wildman–Crippen MR) is 42.8 cm³/mol. The fourth-order valence-electron chi connectivity index (χ4n) is 1.02. The fraction of sp³-hybridized carbons (Fsp3) is 0.571. The maximum absolute atomic E-state index is 12.7. The Labute approximate surface area is 72.5 Å². The Hall–Kier alpha value is -0.380. The van der Waals surface area contributed by atoms with Gasteiger partial charge >= 0.3 is 0 Å². The van der Waals surface area contributed by atoms with E-state index in [4.69, 9.17) is 0 Å². The Morgan fingerprint density at radius 1 is 1.73 bits per heavy atom. The molecule has 4 heteroatoms. The first-order valence-electron chi connectivity index (χ1n) is 3.53. The second kappa shape index (κ2) is 2.06. The lowest BCUT2D eigenvalue weighted by Gasteiger charge is -2.06. The zero-order valence-electron chi connectivity index (χ0n) is 6.14. The van der Waals surface area contributed by atoms with Gasteiger partial charge in [-0.3, -0.25) is 4.68 Å². The summed E-state index contributed by atoms with van der Waals surface area (Å²) in [6.07, 6.45) is 3.89. The first-order valence-corrected chi connectivity index (χ1v) is 4.32. The topological polar surface area (TPSA) is 17.8 Å². The van der Waals surface area contributed by atoms with Gasteiger partial charge in [0, 0.05) is 6.20 Å². The second-order valence-electron chi connectivity index (χ2n) is 3.21. The number of hydrogen-bond donors (Lipinski definition) is 0. The van der Waals surface area contributed by atoms with Gasteiger partial charge in [0.2, 0.25) is 5.95 Å². The standard InChI is InChI=1S/C7H8BrFN2/c1-7(2-3-7)11-4-5(8)6(9)10-11/h4H,2-3H2,1H3. The minimum atomic E-state index is -0.418. The molecule has 1 aliphatic rings. The van der Waals surface area contributed by atoms with E-state index in [0.717, 1.165) is 12.8 Å². The Kier molecular flexibility index (Phi) is 1.36. The van der Waals surface area contributed by atoms with Crippen molar-refractivity contribution in [2.75, 3.05) is 0 Å². The third-order valence-electron chi connectivity index (χ3n) is 2.15. The maximum atomic E-state index is 12.7. The van der Waals surface area contributed by atoms with Crippen LogP contribution in [-0.4, -0.2) is 9.78 Å². The molecule has 1 aromatic heterocycles. The van der Waals surface area contributed by atoms with E-state index in [1.807, 2.05) is 0 Å². The van der Waals surface area contributed by atoms with Crippen LogP contribution in [0.4, 0.5) is 4.39 Å². The molecule has 11 heavy (non-hydrogen) atoms. The molecule has 0 radical (unpaired) electrons. The Morgan fingerprint density at radius 2 is 2.36 bits per heavy atom. The smallest absolute Gasteiger partial charge is 0.246 e. The van der Waals surface area contributed by atoms with Crippen LogP contribution in [0, 0.1) is 5.95 Å². The van der Waals surface area contributed by atoms with E-state index in [2.05, 4.69) is 28.0 Å². The fourth-order valence-corrected chi connectivity index (χ4v) is 1.29. The van der Waals surface area contributed by atoms with Gasteiger partial charge in [0.1, 0.15) is 0 Å². The molecule has 0 aromatic carbocycles. The van der Waals surface area contributed by atoms with E-state index in [1.165, 1.54) is 0 Å². The van der Waals surface area contributed by atoms with E-state index >= 15 is 0 Å². The Bertz CT molecular complexity index is 271. The molecule has 2 rings (SSSR count). The van der Waals surface area contributed by atoms with Crippen molar-refractivity contribution in [3.05, 3.63) is 16.6 Å². The summed E-state index contributed by atoms with van der Waals surface area (Å²) in [4.78, 5) is 0. The van der Waals surface area contributed by atoms with E-state index in [1.54, 1.807) is 10.9 Å². The molecule has 1 fully saturated rings. The van der Waals surface area contributed by atoms with Gasteiger partial charge in [-0.05, 0) is 35.7 Å². The SMILES string of the molecule is CC1(n2cc(Br)c(F)n2)CC1. The van der Waals surface area contributed by atoms with Crippen molar-refractivity contribution in [3.63, 3.8) is 0 Å². The molecule has 0 unspecified atom stereocenters. The summed E-state index contributed by atoms with van der Waals surface area (Å²) in [7, 11) is 0. The predicted octanol–water partition coefficient (Wildman–Crippen LogP) is 2.29. The van der Waals surface area contributed by atoms with Crippen molar-refractivity contribution >= 4 is 15.9 Å². The van der Waals surface area contributed by atoms with Crippen molar-refractivity contribution < 1.29 is 4.39 Å². The van der Waals surface area contributed by atoms with Gasteiger partial charge in [0.05, 0.1) is 10.0 Å². The van der Waals surface area contributed by atoms with Gasteiger partial charge in [0.15, 0.2) is 0 Å². The van der Waals surface area contributed by atoms with E-state index in [-0.39, 0.29) is 5.54 Å². The van der Waals surface area contributed by atoms with Gasteiger partial charge in [-0.2, -0.15) is 4.39 Å². The molecule has 0 bridgehead atoms. The molecule has 0 spiro atoms. The van der Waals surface area contributed by atoms with Crippen LogP contribution in [0.1, 0.15) is 19.8 Å². The molecule has 0 saturated heterocycles. The number of halogens is 2. The monoisotopic (exact) mass is 218 g/mol. The summed E-state index contributed by atoms with van der Waals surface area (Å²) < 4.78 is 14.9. The lowest BCUT2D eigenvalue weighted by Crippen LogP contribution is -2.12. The molecule has 0 amide bonds. The number of rotatable bonds is 1. The molecule has 60 valence electrons. The minimum Gasteiger partial charge on any atom is -0.263 e. The van der Waals surface area contributed by atoms with Crippen molar-refractivity contribution in [3.8, 4) is 0 Å². The highest BCUT2D eigenvalue weighted by Crippen LogP contribution is 2.42. The number of nitrogens with zero attached hydrogens (tertiary/aromatic N) is 2. The van der Waals surface area contributed by atoms with E-state index < -0.39 is 5.95 Å². The van der Waals surface area contributed by atoms with Gasteiger partial charge in [-0.15, -0.1) is 5.10 Å². The zero-order valence-corrected chi connectivity index (χ0v) is 7.73. The summed E-state index contributed by atoms with van der Waals surface area (Å²) >= 11 is 3.08. The Morgan fingerprint density at radius 3 is 2.73 bits per heavy atom. The van der Waals surface area contributed by atoms with Crippen LogP contribution in [0.25, 0.3) is 0 Å². The molecule has 1 heterocycles. The first-order chi connectivity index (χ1) is 5.12. The van der Waals surface area contributed by atoms with Crippen molar-refractivity contribution in [2.45, 2.75) is 25.3 Å². The van der Waals surface area contributed by atoms with Crippen LogP contribution in [-0.2, 0) is 5.54 Å². The van der Waals surface area contributed by atoms with Crippen molar-refractivity contribution in [1.29, 1.82) is 0 Å². The van der Waals surface area contributed by atoms with Crippen LogP contribution in [0.3, 0.4) is 0 Å². The molecule has 1 aliphatic carbocycles. The average Bonchev–Trinajstić information content (AvgIpc) is 2.59. The lowest BCUT2D eigenvalue weighted by atomic mass is 10.3. The highest BCUT2D eigenvalue weighted by atomic mass is 79.9. The zero-order chi connectivity index (χ0) is 8.06. The van der Waals surface area contributed by atoms with Crippen LogP contribution in [0.15, 0.2) is 10.7 Å². The molecular weight excluding hydrogens is 211 g/mol. The van der Waals surface area contributed by atoms with Gasteiger partial charge in [-0.1, -0.05) is 0 Å². The third kappa shape index (κ3) is 1.09. The normalized spacial score (nSPS) is 20.3. The summed E-state index contributed by atoms with van der Waals surface area (Å²) in [6, 6.07) is 0. The first kappa shape index (κ1) is 7.28. The van der Waals surface area contributed by atoms with Crippen molar-refractivity contribution in [1.82, 2.24) is 9.78 Å². The molecule has 0 N–H and O–H groups in total. The summed E-state index contributed by atoms with van der Waals surface area (Å²) in [5, 5.41) is 3.75. The van der Waals surface area contributed by atoms with Crippen molar-refractivity contribution in [2.24, 2.45) is 0 Å². The highest BCUT2D eigenvalue weighted by molar-refractivity contribution is 9.10. The largest absolute Gasteiger partial charge is 0.263 e.